The molecule has 0 saturated carbocycles. The van der Waals surface area contributed by atoms with Crippen molar-refractivity contribution >= 4 is 38.1 Å². The Kier molecular flexibility index (Phi) is 7.38. The summed E-state index contributed by atoms with van der Waals surface area (Å²) in [4.78, 5) is 4.31. The minimum absolute atomic E-state index is 0.466. The van der Waals surface area contributed by atoms with Crippen molar-refractivity contribution in [3.63, 3.8) is 0 Å². The van der Waals surface area contributed by atoms with Gasteiger partial charge in [0.1, 0.15) is 0 Å². The first kappa shape index (κ1) is 25.5. The zero-order chi connectivity index (χ0) is 26.0. The number of para-hydroxylation sites is 1. The van der Waals surface area contributed by atoms with E-state index in [1.54, 1.807) is 7.11 Å². The van der Waals surface area contributed by atoms with Crippen molar-refractivity contribution in [3.05, 3.63) is 118 Å². The zero-order valence-electron chi connectivity index (χ0n) is 21.6. The fraction of sp³-hybridized carbons (Fsp3) is 0.250. The molecule has 4 aromatic carbocycles. The number of anilines is 2. The number of fused-ring (bicyclic) bond motifs is 2. The van der Waals surface area contributed by atoms with Crippen molar-refractivity contribution in [1.29, 1.82) is 0 Å². The summed E-state index contributed by atoms with van der Waals surface area (Å²) in [6.07, 6.45) is 1.77. The molecular weight excluding hydrogens is 524 g/mol. The third kappa shape index (κ3) is 5.17. The Bertz CT molecular complexity index is 1430. The van der Waals surface area contributed by atoms with Gasteiger partial charge in [-0.15, -0.1) is 0 Å². The lowest BCUT2D eigenvalue weighted by molar-refractivity contribution is 0.0208. The zero-order valence-corrected chi connectivity index (χ0v) is 23.2. The van der Waals surface area contributed by atoms with E-state index >= 15 is 0 Å². The summed E-state index contributed by atoms with van der Waals surface area (Å²) in [5, 5.41) is 14.7. The van der Waals surface area contributed by atoms with Gasteiger partial charge in [0.15, 0.2) is 5.88 Å². The maximum absolute atomic E-state index is 12.5. The average molecular weight is 558 g/mol. The highest BCUT2D eigenvalue weighted by Gasteiger charge is 2.36. The molecule has 0 saturated heterocycles. The van der Waals surface area contributed by atoms with Crippen LogP contribution in [0.3, 0.4) is 0 Å². The molecule has 1 aliphatic heterocycles. The monoisotopic (exact) mass is 556 g/mol. The molecule has 0 aromatic heterocycles. The Morgan fingerprint density at radius 3 is 2.43 bits per heavy atom. The molecule has 1 unspecified atom stereocenters. The second kappa shape index (κ2) is 10.7. The second-order valence-corrected chi connectivity index (χ2v) is 10.9. The maximum Gasteiger partial charge on any atom is 0.197 e. The molecule has 190 valence electrons. The van der Waals surface area contributed by atoms with Gasteiger partial charge in [0, 0.05) is 29.5 Å². The van der Waals surface area contributed by atoms with Gasteiger partial charge in [-0.1, -0.05) is 76.6 Å². The van der Waals surface area contributed by atoms with Crippen LogP contribution in [0.5, 0.6) is 0 Å². The van der Waals surface area contributed by atoms with Gasteiger partial charge in [-0.3, -0.25) is 4.90 Å². The third-order valence-electron chi connectivity index (χ3n) is 7.17. The van der Waals surface area contributed by atoms with Gasteiger partial charge >= 0.3 is 0 Å². The summed E-state index contributed by atoms with van der Waals surface area (Å²) in [6, 6.07) is 31.2. The molecule has 5 heteroatoms. The molecule has 37 heavy (non-hydrogen) atoms. The van der Waals surface area contributed by atoms with Crippen LogP contribution in [0.15, 0.2) is 107 Å². The van der Waals surface area contributed by atoms with Gasteiger partial charge in [0.05, 0.1) is 18.4 Å². The molecule has 1 aliphatic rings. The van der Waals surface area contributed by atoms with Crippen LogP contribution in [-0.2, 0) is 16.8 Å². The van der Waals surface area contributed by atoms with Gasteiger partial charge in [-0.25, -0.2) is 0 Å². The first-order valence-corrected chi connectivity index (χ1v) is 13.4. The number of hydrogen-bond acceptors (Lipinski definition) is 4. The van der Waals surface area contributed by atoms with Crippen molar-refractivity contribution < 1.29 is 9.84 Å². The summed E-state index contributed by atoms with van der Waals surface area (Å²) < 4.78 is 7.16. The number of halogens is 1. The molecular formula is C32H33BrN2O2. The van der Waals surface area contributed by atoms with Crippen molar-refractivity contribution in [2.75, 3.05) is 32.6 Å². The number of rotatable bonds is 8. The second-order valence-electron chi connectivity index (χ2n) is 10.0. The van der Waals surface area contributed by atoms with E-state index in [0.29, 0.717) is 19.3 Å². The highest BCUT2D eigenvalue weighted by atomic mass is 79.9. The van der Waals surface area contributed by atoms with E-state index in [4.69, 9.17) is 4.74 Å². The normalized spacial score (nSPS) is 15.1. The van der Waals surface area contributed by atoms with E-state index in [1.807, 2.05) is 36.4 Å². The van der Waals surface area contributed by atoms with E-state index in [2.05, 4.69) is 94.4 Å². The van der Waals surface area contributed by atoms with E-state index in [-0.39, 0.29) is 0 Å². The molecule has 5 rings (SSSR count). The Morgan fingerprint density at radius 1 is 0.946 bits per heavy atom. The smallest absolute Gasteiger partial charge is 0.197 e. The minimum atomic E-state index is -1.07. The molecule has 1 atom stereocenters. The standard InChI is InChI=1S/C32H33BrN2O2/c1-34(2)19-18-32(36,29-15-9-11-23-10-7-8-14-28(23)29)22-25-20-24-21-26(33)16-17-30(24)35(31(25)37-3)27-12-5-4-6-13-27/h4-17,21,36H,18-20,22H2,1-3H3. The minimum Gasteiger partial charge on any atom is -0.482 e. The summed E-state index contributed by atoms with van der Waals surface area (Å²) in [5.74, 6) is 0.782. The molecule has 0 bridgehead atoms. The van der Waals surface area contributed by atoms with Crippen LogP contribution >= 0.6 is 15.9 Å². The molecule has 1 N–H and O–H groups in total. The number of aliphatic hydroxyl groups is 1. The molecule has 4 aromatic rings. The number of hydrogen-bond donors (Lipinski definition) is 1. The first-order chi connectivity index (χ1) is 17.9. The fourth-order valence-electron chi connectivity index (χ4n) is 5.41. The number of methoxy groups -OCH3 is 1. The van der Waals surface area contributed by atoms with Crippen LogP contribution in [0.4, 0.5) is 11.4 Å². The quantitative estimate of drug-likeness (QED) is 0.245. The Balaban J connectivity index is 1.66. The summed E-state index contributed by atoms with van der Waals surface area (Å²) >= 11 is 3.66. The van der Waals surface area contributed by atoms with Crippen LogP contribution < -0.4 is 4.90 Å². The van der Waals surface area contributed by atoms with Crippen LogP contribution in [0.2, 0.25) is 0 Å². The van der Waals surface area contributed by atoms with Gasteiger partial charge in [0.25, 0.3) is 0 Å². The fourth-order valence-corrected chi connectivity index (χ4v) is 5.81. The van der Waals surface area contributed by atoms with Crippen molar-refractivity contribution in [3.8, 4) is 0 Å². The molecule has 0 spiro atoms. The summed E-state index contributed by atoms with van der Waals surface area (Å²) in [6.45, 7) is 0.764. The number of nitrogens with zero attached hydrogens (tertiary/aromatic N) is 2. The van der Waals surface area contributed by atoms with Gasteiger partial charge < -0.3 is 14.7 Å². The van der Waals surface area contributed by atoms with Crippen LogP contribution in [0, 0.1) is 0 Å². The number of benzene rings is 4. The van der Waals surface area contributed by atoms with E-state index in [0.717, 1.165) is 50.2 Å². The predicted molar refractivity (Wildman–Crippen MR) is 156 cm³/mol. The SMILES string of the molecule is COC1=C(CC(O)(CCN(C)C)c2cccc3ccccc23)Cc2cc(Br)ccc2N1c1ccccc1. The predicted octanol–water partition coefficient (Wildman–Crippen LogP) is 7.38. The molecule has 0 aliphatic carbocycles. The summed E-state index contributed by atoms with van der Waals surface area (Å²) in [7, 11) is 5.83. The first-order valence-electron chi connectivity index (χ1n) is 12.6. The van der Waals surface area contributed by atoms with Crippen LogP contribution in [0.25, 0.3) is 10.8 Å². The van der Waals surface area contributed by atoms with Crippen molar-refractivity contribution in [2.24, 2.45) is 0 Å². The summed E-state index contributed by atoms with van der Waals surface area (Å²) in [5.41, 5.74) is 4.28. The lowest BCUT2D eigenvalue weighted by Crippen LogP contribution is -2.34. The molecule has 1 heterocycles. The van der Waals surface area contributed by atoms with E-state index in [9.17, 15) is 5.11 Å². The lowest BCUT2D eigenvalue weighted by Gasteiger charge is -2.38. The van der Waals surface area contributed by atoms with Gasteiger partial charge in [0.2, 0.25) is 0 Å². The Hall–Kier alpha value is -3.12. The van der Waals surface area contributed by atoms with Crippen LogP contribution in [-0.4, -0.2) is 37.8 Å². The molecule has 0 radical (unpaired) electrons. The van der Waals surface area contributed by atoms with Gasteiger partial charge in [-0.05, 0) is 78.3 Å². The van der Waals surface area contributed by atoms with E-state index in [1.165, 1.54) is 5.56 Å². The highest BCUT2D eigenvalue weighted by molar-refractivity contribution is 9.10. The largest absolute Gasteiger partial charge is 0.482 e. The average Bonchev–Trinajstić information content (AvgIpc) is 2.91. The van der Waals surface area contributed by atoms with Crippen molar-refractivity contribution in [1.82, 2.24) is 4.90 Å². The maximum atomic E-state index is 12.5. The molecule has 0 amide bonds. The number of ether oxygens (including phenoxy) is 1. The Morgan fingerprint density at radius 2 is 1.68 bits per heavy atom. The highest BCUT2D eigenvalue weighted by Crippen LogP contribution is 2.45. The van der Waals surface area contributed by atoms with Gasteiger partial charge in [-0.2, -0.15) is 0 Å². The molecule has 4 nitrogen and oxygen atoms in total. The topological polar surface area (TPSA) is 35.9 Å². The third-order valence-corrected chi connectivity index (χ3v) is 7.66. The van der Waals surface area contributed by atoms with E-state index < -0.39 is 5.60 Å². The Labute approximate surface area is 227 Å². The molecule has 0 fully saturated rings. The van der Waals surface area contributed by atoms with Crippen molar-refractivity contribution in [2.45, 2.75) is 24.9 Å². The van der Waals surface area contributed by atoms with Crippen LogP contribution in [0.1, 0.15) is 24.0 Å². The lowest BCUT2D eigenvalue weighted by atomic mass is 9.79.